The SMILES string of the molecule is CCc1cc(N2CC[C@@H](Oc3ccc(Cl)cc3)[C@H](O)C2)nc(N(C)C)n1. The second-order valence-corrected chi connectivity index (χ2v) is 7.11. The average molecular weight is 377 g/mol. The maximum atomic E-state index is 10.6. The summed E-state index contributed by atoms with van der Waals surface area (Å²) in [5.74, 6) is 2.26. The Kier molecular flexibility index (Phi) is 5.84. The van der Waals surface area contributed by atoms with Gasteiger partial charge in [-0.2, -0.15) is 4.98 Å². The van der Waals surface area contributed by atoms with Crippen molar-refractivity contribution in [1.29, 1.82) is 0 Å². The third-order valence-corrected chi connectivity index (χ3v) is 4.71. The lowest BCUT2D eigenvalue weighted by molar-refractivity contribution is 0.0241. The van der Waals surface area contributed by atoms with Crippen LogP contribution in [0, 0.1) is 0 Å². The van der Waals surface area contributed by atoms with E-state index >= 15 is 0 Å². The van der Waals surface area contributed by atoms with Crippen molar-refractivity contribution in [3.8, 4) is 5.75 Å². The summed E-state index contributed by atoms with van der Waals surface area (Å²) in [6, 6.07) is 9.22. The first-order valence-electron chi connectivity index (χ1n) is 8.86. The topological polar surface area (TPSA) is 61.7 Å². The molecular weight excluding hydrogens is 352 g/mol. The van der Waals surface area contributed by atoms with Gasteiger partial charge in [0.2, 0.25) is 5.95 Å². The predicted molar refractivity (Wildman–Crippen MR) is 104 cm³/mol. The van der Waals surface area contributed by atoms with Gasteiger partial charge in [0, 0.05) is 50.4 Å². The van der Waals surface area contributed by atoms with E-state index in [1.807, 2.05) is 37.2 Å². The van der Waals surface area contributed by atoms with Crippen molar-refractivity contribution in [3.63, 3.8) is 0 Å². The van der Waals surface area contributed by atoms with Crippen LogP contribution in [0.5, 0.6) is 5.75 Å². The smallest absolute Gasteiger partial charge is 0.227 e. The number of β-amino-alcohol motifs (C(OH)–C–C–N with tert-alkyl or cyclic N) is 1. The Labute approximate surface area is 159 Å². The second-order valence-electron chi connectivity index (χ2n) is 6.68. The molecule has 26 heavy (non-hydrogen) atoms. The molecular formula is C19H25ClN4O2. The third kappa shape index (κ3) is 4.37. The van der Waals surface area contributed by atoms with E-state index in [0.29, 0.717) is 23.9 Å². The molecule has 0 bridgehead atoms. The van der Waals surface area contributed by atoms with Crippen molar-refractivity contribution in [3.05, 3.63) is 41.0 Å². The van der Waals surface area contributed by atoms with Crippen LogP contribution in [-0.2, 0) is 6.42 Å². The van der Waals surface area contributed by atoms with Gasteiger partial charge in [0.1, 0.15) is 23.8 Å². The van der Waals surface area contributed by atoms with Crippen LogP contribution < -0.4 is 14.5 Å². The largest absolute Gasteiger partial charge is 0.488 e. The van der Waals surface area contributed by atoms with Gasteiger partial charge in [0.15, 0.2) is 0 Å². The molecule has 1 aliphatic heterocycles. The number of aromatic nitrogens is 2. The first-order valence-corrected chi connectivity index (χ1v) is 9.24. The molecule has 7 heteroatoms. The maximum absolute atomic E-state index is 10.6. The van der Waals surface area contributed by atoms with Crippen molar-refractivity contribution < 1.29 is 9.84 Å². The minimum Gasteiger partial charge on any atom is -0.488 e. The number of hydrogen-bond acceptors (Lipinski definition) is 6. The number of nitrogens with zero attached hydrogens (tertiary/aromatic N) is 4. The minimum atomic E-state index is -0.595. The molecule has 1 aromatic carbocycles. The molecule has 1 N–H and O–H groups in total. The number of piperidine rings is 1. The monoisotopic (exact) mass is 376 g/mol. The summed E-state index contributed by atoms with van der Waals surface area (Å²) in [6.45, 7) is 3.32. The lowest BCUT2D eigenvalue weighted by atomic mass is 10.0. The Morgan fingerprint density at radius 2 is 2.00 bits per heavy atom. The van der Waals surface area contributed by atoms with E-state index in [1.54, 1.807) is 12.1 Å². The molecule has 140 valence electrons. The fourth-order valence-corrected chi connectivity index (χ4v) is 3.08. The summed E-state index contributed by atoms with van der Waals surface area (Å²) in [7, 11) is 3.86. The van der Waals surface area contributed by atoms with E-state index in [9.17, 15) is 5.11 Å². The van der Waals surface area contributed by atoms with Crippen molar-refractivity contribution in [2.75, 3.05) is 37.0 Å². The highest BCUT2D eigenvalue weighted by Gasteiger charge is 2.30. The van der Waals surface area contributed by atoms with E-state index < -0.39 is 6.10 Å². The van der Waals surface area contributed by atoms with Crippen LogP contribution in [0.2, 0.25) is 5.02 Å². The lowest BCUT2D eigenvalue weighted by Crippen LogP contribution is -2.49. The molecule has 2 heterocycles. The quantitative estimate of drug-likeness (QED) is 0.865. The summed E-state index contributed by atoms with van der Waals surface area (Å²) in [5, 5.41) is 11.2. The van der Waals surface area contributed by atoms with Crippen molar-refractivity contribution >= 4 is 23.4 Å². The number of halogens is 1. The molecule has 0 aliphatic carbocycles. The lowest BCUT2D eigenvalue weighted by Gasteiger charge is -2.36. The fraction of sp³-hybridized carbons (Fsp3) is 0.474. The van der Waals surface area contributed by atoms with Crippen LogP contribution >= 0.6 is 11.6 Å². The van der Waals surface area contributed by atoms with E-state index in [4.69, 9.17) is 16.3 Å². The van der Waals surface area contributed by atoms with Crippen molar-refractivity contribution in [1.82, 2.24) is 9.97 Å². The van der Waals surface area contributed by atoms with Crippen LogP contribution in [-0.4, -0.2) is 54.5 Å². The zero-order valence-electron chi connectivity index (χ0n) is 15.4. The highest BCUT2D eigenvalue weighted by molar-refractivity contribution is 6.30. The molecule has 3 rings (SSSR count). The van der Waals surface area contributed by atoms with E-state index in [2.05, 4.69) is 21.8 Å². The normalized spacial score (nSPS) is 20.1. The minimum absolute atomic E-state index is 0.242. The Bertz CT molecular complexity index is 739. The molecule has 0 amide bonds. The summed E-state index contributed by atoms with van der Waals surface area (Å²) >= 11 is 5.90. The first-order chi connectivity index (χ1) is 12.5. The van der Waals surface area contributed by atoms with Gasteiger partial charge < -0.3 is 19.6 Å². The summed E-state index contributed by atoms with van der Waals surface area (Å²) in [5.41, 5.74) is 0.993. The third-order valence-electron chi connectivity index (χ3n) is 4.46. The number of ether oxygens (including phenoxy) is 1. The second kappa shape index (κ2) is 8.10. The Morgan fingerprint density at radius 3 is 2.62 bits per heavy atom. The summed E-state index contributed by atoms with van der Waals surface area (Å²) in [6.07, 6.45) is 0.720. The van der Waals surface area contributed by atoms with Crippen LogP contribution in [0.4, 0.5) is 11.8 Å². The highest BCUT2D eigenvalue weighted by Crippen LogP contribution is 2.25. The van der Waals surface area contributed by atoms with Gasteiger partial charge in [-0.25, -0.2) is 4.98 Å². The molecule has 1 fully saturated rings. The van der Waals surface area contributed by atoms with E-state index in [1.165, 1.54) is 0 Å². The molecule has 0 saturated carbocycles. The van der Waals surface area contributed by atoms with E-state index in [-0.39, 0.29) is 6.10 Å². The molecule has 2 aromatic rings. The van der Waals surface area contributed by atoms with Crippen molar-refractivity contribution in [2.24, 2.45) is 0 Å². The number of aliphatic hydroxyl groups excluding tert-OH is 1. The Hall–Kier alpha value is -2.05. The first kappa shape index (κ1) is 18.7. The highest BCUT2D eigenvalue weighted by atomic mass is 35.5. The van der Waals surface area contributed by atoms with Gasteiger partial charge >= 0.3 is 0 Å². The number of anilines is 2. The Morgan fingerprint density at radius 1 is 1.27 bits per heavy atom. The van der Waals surface area contributed by atoms with Crippen LogP contribution in [0.1, 0.15) is 19.0 Å². The molecule has 1 aliphatic rings. The van der Waals surface area contributed by atoms with Gasteiger partial charge in [0.25, 0.3) is 0 Å². The predicted octanol–water partition coefficient (Wildman–Crippen LogP) is 2.78. The molecule has 1 saturated heterocycles. The van der Waals surface area contributed by atoms with Crippen LogP contribution in [0.3, 0.4) is 0 Å². The summed E-state index contributed by atoms with van der Waals surface area (Å²) in [4.78, 5) is 13.2. The van der Waals surface area contributed by atoms with Crippen molar-refractivity contribution in [2.45, 2.75) is 32.0 Å². The van der Waals surface area contributed by atoms with Crippen LogP contribution in [0.25, 0.3) is 0 Å². The zero-order valence-corrected chi connectivity index (χ0v) is 16.1. The molecule has 1 aromatic heterocycles. The van der Waals surface area contributed by atoms with Gasteiger partial charge in [0.05, 0.1) is 0 Å². The molecule has 0 spiro atoms. The Balaban J connectivity index is 1.70. The number of rotatable bonds is 5. The summed E-state index contributed by atoms with van der Waals surface area (Å²) < 4.78 is 5.94. The van der Waals surface area contributed by atoms with E-state index in [0.717, 1.165) is 30.2 Å². The number of benzene rings is 1. The molecule has 2 atom stereocenters. The molecule has 0 unspecified atom stereocenters. The maximum Gasteiger partial charge on any atom is 0.227 e. The van der Waals surface area contributed by atoms with Gasteiger partial charge in [-0.1, -0.05) is 18.5 Å². The molecule has 0 radical (unpaired) electrons. The van der Waals surface area contributed by atoms with Gasteiger partial charge in [-0.3, -0.25) is 0 Å². The van der Waals surface area contributed by atoms with Gasteiger partial charge in [-0.15, -0.1) is 0 Å². The molecule has 6 nitrogen and oxygen atoms in total. The average Bonchev–Trinajstić information content (AvgIpc) is 2.64. The fourth-order valence-electron chi connectivity index (χ4n) is 2.96. The zero-order chi connectivity index (χ0) is 18.7. The number of aliphatic hydroxyl groups is 1. The van der Waals surface area contributed by atoms with Gasteiger partial charge in [-0.05, 0) is 30.7 Å². The number of hydrogen-bond donors (Lipinski definition) is 1. The van der Waals surface area contributed by atoms with Crippen LogP contribution in [0.15, 0.2) is 30.3 Å². The standard InChI is InChI=1S/C19H25ClN4O2/c1-4-14-11-18(22-19(21-14)23(2)3)24-10-9-17(16(25)12-24)26-15-7-5-13(20)6-8-15/h5-8,11,16-17,25H,4,9-10,12H2,1-3H3/t16-,17-/m1/s1. The number of aryl methyl sites for hydroxylation is 1.